The number of furan rings is 2. The second-order valence-electron chi connectivity index (χ2n) is 11.9. The molecular formula is C43H23N3O2U. The predicted molar refractivity (Wildman–Crippen MR) is 191 cm³/mol. The summed E-state index contributed by atoms with van der Waals surface area (Å²) in [5.74, 6) is 1.65. The standard InChI is InChI=1S/C43H23N3O2.U/c1-2-8-29-23-30(18-15-26(29)7-1)27-13-16-28(17-14-27)41-44-42(31-19-21-35-33-9-3-5-11-37(33)47-39(35)24-31)46-43(45-41)32-20-22-36-34-10-4-6-12-38(34)48-40(36)25-32;/h1-13,15-22,24-25H;/q-2;+2. The molecule has 6 heteroatoms. The van der Waals surface area contributed by atoms with Gasteiger partial charge in [0.05, 0.1) is 0 Å². The summed E-state index contributed by atoms with van der Waals surface area (Å²) in [7, 11) is 0. The molecule has 0 atom stereocenters. The fraction of sp³-hybridized carbons (Fsp3) is 0. The molecule has 0 saturated heterocycles. The van der Waals surface area contributed by atoms with Gasteiger partial charge in [-0.2, -0.15) is 29.8 Å². The van der Waals surface area contributed by atoms with E-state index in [0.717, 1.165) is 82.5 Å². The Morgan fingerprint density at radius 3 is 1.55 bits per heavy atom. The molecule has 0 bridgehead atoms. The average Bonchev–Trinajstić information content (AvgIpc) is 3.72. The van der Waals surface area contributed by atoms with Gasteiger partial charge in [-0.25, -0.2) is 20.5 Å². The minimum Gasteiger partial charge on any atom is -0.456 e. The Morgan fingerprint density at radius 2 is 0.939 bits per heavy atom. The molecule has 3 aromatic heterocycles. The largest absolute Gasteiger partial charge is 2.00 e. The summed E-state index contributed by atoms with van der Waals surface area (Å²) in [6.07, 6.45) is 0. The van der Waals surface area contributed by atoms with Gasteiger partial charge in [0, 0.05) is 32.7 Å². The van der Waals surface area contributed by atoms with Gasteiger partial charge in [0.1, 0.15) is 28.2 Å². The summed E-state index contributed by atoms with van der Waals surface area (Å²) in [5, 5.41) is 6.49. The van der Waals surface area contributed by atoms with Crippen LogP contribution in [0.25, 0.3) is 99.9 Å². The fourth-order valence-corrected chi connectivity index (χ4v) is 6.50. The van der Waals surface area contributed by atoms with Crippen molar-refractivity contribution >= 4 is 54.6 Å². The molecule has 3 heterocycles. The van der Waals surface area contributed by atoms with Crippen LogP contribution in [0, 0.1) is 43.2 Å². The van der Waals surface area contributed by atoms with E-state index in [1.807, 2.05) is 91.0 Å². The van der Waals surface area contributed by atoms with E-state index in [4.69, 9.17) is 23.8 Å². The Hall–Kier alpha value is -5.54. The third kappa shape index (κ3) is 5.13. The van der Waals surface area contributed by atoms with Crippen LogP contribution in [-0.4, -0.2) is 15.0 Å². The van der Waals surface area contributed by atoms with E-state index in [1.54, 1.807) is 0 Å². The van der Waals surface area contributed by atoms with Gasteiger partial charge in [-0.3, -0.25) is 0 Å². The van der Waals surface area contributed by atoms with Crippen molar-refractivity contribution in [2.75, 3.05) is 0 Å². The molecule has 10 rings (SSSR count). The molecule has 0 spiro atoms. The van der Waals surface area contributed by atoms with Crippen molar-refractivity contribution in [1.29, 1.82) is 0 Å². The van der Waals surface area contributed by atoms with Gasteiger partial charge in [0.25, 0.3) is 0 Å². The number of aromatic nitrogens is 3. The molecule has 49 heavy (non-hydrogen) atoms. The second kappa shape index (κ2) is 11.9. The number of benzene rings is 7. The summed E-state index contributed by atoms with van der Waals surface area (Å²) in [6.45, 7) is 0. The van der Waals surface area contributed by atoms with Gasteiger partial charge in [-0.15, -0.1) is 29.7 Å². The van der Waals surface area contributed by atoms with Gasteiger partial charge in [-0.05, 0) is 36.4 Å². The first kappa shape index (κ1) is 29.6. The minimum absolute atomic E-state index is 0. The molecule has 5 nitrogen and oxygen atoms in total. The summed E-state index contributed by atoms with van der Waals surface area (Å²) >= 11 is 0. The molecular weight excluding hydrogens is 829 g/mol. The van der Waals surface area contributed by atoms with Gasteiger partial charge in [-0.1, -0.05) is 77.7 Å². The van der Waals surface area contributed by atoms with Crippen molar-refractivity contribution in [3.63, 3.8) is 0 Å². The maximum atomic E-state index is 6.21. The molecule has 0 unspecified atom stereocenters. The van der Waals surface area contributed by atoms with E-state index in [9.17, 15) is 0 Å². The van der Waals surface area contributed by atoms with E-state index in [-0.39, 0.29) is 31.1 Å². The Balaban J connectivity index is 0.00000325. The van der Waals surface area contributed by atoms with Crippen molar-refractivity contribution < 1.29 is 39.9 Å². The number of para-hydroxylation sites is 2. The molecule has 0 amide bonds. The quantitative estimate of drug-likeness (QED) is 0.165. The van der Waals surface area contributed by atoms with E-state index >= 15 is 0 Å². The third-order valence-corrected chi connectivity index (χ3v) is 8.93. The first-order chi connectivity index (χ1) is 23.7. The first-order valence-electron chi connectivity index (χ1n) is 15.8. The van der Waals surface area contributed by atoms with Crippen LogP contribution in [0.3, 0.4) is 0 Å². The second-order valence-corrected chi connectivity index (χ2v) is 11.9. The van der Waals surface area contributed by atoms with Crippen LogP contribution in [0.1, 0.15) is 0 Å². The van der Waals surface area contributed by atoms with Crippen molar-refractivity contribution in [1.82, 2.24) is 15.0 Å². The van der Waals surface area contributed by atoms with E-state index in [1.165, 1.54) is 0 Å². The van der Waals surface area contributed by atoms with Gasteiger partial charge in [0.2, 0.25) is 0 Å². The molecule has 0 aliphatic heterocycles. The molecule has 10 aromatic rings. The van der Waals surface area contributed by atoms with Crippen LogP contribution in [0.2, 0.25) is 0 Å². The summed E-state index contributed by atoms with van der Waals surface area (Å²) in [5.41, 5.74) is 7.69. The molecule has 0 saturated carbocycles. The normalized spacial score (nSPS) is 11.5. The third-order valence-electron chi connectivity index (χ3n) is 8.93. The number of rotatable bonds is 4. The van der Waals surface area contributed by atoms with Gasteiger partial charge < -0.3 is 8.83 Å². The molecule has 0 fully saturated rings. The monoisotopic (exact) mass is 851 g/mol. The van der Waals surface area contributed by atoms with Crippen molar-refractivity contribution in [2.45, 2.75) is 0 Å². The maximum absolute atomic E-state index is 6.21. The zero-order valence-electron chi connectivity index (χ0n) is 25.9. The predicted octanol–water partition coefficient (Wildman–Crippen LogP) is 11.1. The molecule has 0 aliphatic carbocycles. The van der Waals surface area contributed by atoms with Crippen LogP contribution < -0.4 is 0 Å². The van der Waals surface area contributed by atoms with Crippen molar-refractivity contribution in [2.24, 2.45) is 0 Å². The fourth-order valence-electron chi connectivity index (χ4n) is 6.50. The number of nitrogens with zero attached hydrogens (tertiary/aromatic N) is 3. The Labute approximate surface area is 304 Å². The topological polar surface area (TPSA) is 65.0 Å². The Kier molecular flexibility index (Phi) is 7.16. The van der Waals surface area contributed by atoms with Crippen LogP contribution in [0.4, 0.5) is 0 Å². The van der Waals surface area contributed by atoms with Crippen LogP contribution >= 0.6 is 0 Å². The molecule has 226 valence electrons. The van der Waals surface area contributed by atoms with Crippen LogP contribution in [0.15, 0.2) is 148 Å². The zero-order chi connectivity index (χ0) is 31.6. The van der Waals surface area contributed by atoms with Crippen molar-refractivity contribution in [3.05, 3.63) is 152 Å². The van der Waals surface area contributed by atoms with Crippen LogP contribution in [0.5, 0.6) is 0 Å². The summed E-state index contributed by atoms with van der Waals surface area (Å²) in [6, 6.07) is 53.8. The van der Waals surface area contributed by atoms with Crippen LogP contribution in [-0.2, 0) is 0 Å². The minimum atomic E-state index is 0. The Morgan fingerprint density at radius 1 is 0.429 bits per heavy atom. The van der Waals surface area contributed by atoms with E-state index in [2.05, 4.69) is 60.7 Å². The first-order valence-corrected chi connectivity index (χ1v) is 15.8. The molecule has 7 aromatic carbocycles. The SMILES string of the molecule is [U+2].[c-]1cc(-c2nc(-c3ccc4c(c3)oc3ccccc34)nc(-c3ccc4c(c3)oc3ccccc34)n2)ccc1-c1[c-]c2ccccc2cc1. The maximum Gasteiger partial charge on any atom is 2.00 e. The molecule has 0 N–H and O–H groups in total. The molecule has 0 aliphatic rings. The summed E-state index contributed by atoms with van der Waals surface area (Å²) < 4.78 is 12.4. The smallest absolute Gasteiger partial charge is 0.456 e. The van der Waals surface area contributed by atoms with Crippen molar-refractivity contribution in [3.8, 4) is 45.3 Å². The number of hydrogen-bond acceptors (Lipinski definition) is 5. The van der Waals surface area contributed by atoms with E-state index < -0.39 is 0 Å². The number of hydrogen-bond donors (Lipinski definition) is 0. The Bertz CT molecular complexity index is 2720. The molecule has 0 radical (unpaired) electrons. The van der Waals surface area contributed by atoms with E-state index in [0.29, 0.717) is 17.5 Å². The number of fused-ring (bicyclic) bond motifs is 7. The zero-order valence-corrected chi connectivity index (χ0v) is 30.1. The van der Waals surface area contributed by atoms with Gasteiger partial charge in [0.15, 0.2) is 11.6 Å². The van der Waals surface area contributed by atoms with Gasteiger partial charge >= 0.3 is 31.1 Å². The summed E-state index contributed by atoms with van der Waals surface area (Å²) in [4.78, 5) is 15.0. The average molecular weight is 852 g/mol.